The van der Waals surface area contributed by atoms with Crippen molar-refractivity contribution < 1.29 is 14.3 Å². The second-order valence-electron chi connectivity index (χ2n) is 6.32. The van der Waals surface area contributed by atoms with Gasteiger partial charge in [0.1, 0.15) is 0 Å². The number of hydrogen-bond acceptors (Lipinski definition) is 3. The van der Waals surface area contributed by atoms with Gasteiger partial charge in [-0.1, -0.05) is 24.3 Å². The molecular formula is C20H23N3O3. The van der Waals surface area contributed by atoms with E-state index in [1.54, 1.807) is 12.1 Å². The molecule has 3 amide bonds. The van der Waals surface area contributed by atoms with Crippen LogP contribution in [0.15, 0.2) is 48.5 Å². The minimum Gasteiger partial charge on any atom is -0.376 e. The molecule has 1 saturated heterocycles. The third-order valence-electron chi connectivity index (χ3n) is 4.29. The van der Waals surface area contributed by atoms with Gasteiger partial charge in [-0.25, -0.2) is 4.79 Å². The number of para-hydroxylation sites is 1. The van der Waals surface area contributed by atoms with Crippen molar-refractivity contribution in [3.8, 4) is 0 Å². The number of benzene rings is 2. The number of carbonyl (C=O) groups is 2. The Hall–Kier alpha value is -2.86. The zero-order valence-corrected chi connectivity index (χ0v) is 14.7. The molecule has 0 aromatic heterocycles. The Morgan fingerprint density at radius 3 is 2.65 bits per heavy atom. The first-order chi connectivity index (χ1) is 12.6. The fraction of sp³-hybridized carbons (Fsp3) is 0.300. The third-order valence-corrected chi connectivity index (χ3v) is 4.29. The van der Waals surface area contributed by atoms with Crippen molar-refractivity contribution in [2.24, 2.45) is 0 Å². The van der Waals surface area contributed by atoms with Crippen LogP contribution in [0.25, 0.3) is 0 Å². The molecule has 0 spiro atoms. The average Bonchev–Trinajstić information content (AvgIpc) is 3.16. The van der Waals surface area contributed by atoms with E-state index in [4.69, 9.17) is 4.74 Å². The highest BCUT2D eigenvalue weighted by Crippen LogP contribution is 2.18. The smallest absolute Gasteiger partial charge is 0.319 e. The Morgan fingerprint density at radius 2 is 1.92 bits per heavy atom. The van der Waals surface area contributed by atoms with E-state index in [1.165, 1.54) is 0 Å². The molecular weight excluding hydrogens is 330 g/mol. The van der Waals surface area contributed by atoms with Crippen LogP contribution in [-0.4, -0.2) is 31.2 Å². The molecule has 1 unspecified atom stereocenters. The summed E-state index contributed by atoms with van der Waals surface area (Å²) in [6.07, 6.45) is 2.09. The topological polar surface area (TPSA) is 79.5 Å². The Bertz CT molecular complexity index is 771. The van der Waals surface area contributed by atoms with Crippen molar-refractivity contribution in [3.05, 3.63) is 59.7 Å². The molecule has 1 aliphatic rings. The van der Waals surface area contributed by atoms with Gasteiger partial charge in [-0.15, -0.1) is 0 Å². The van der Waals surface area contributed by atoms with Crippen LogP contribution >= 0.6 is 0 Å². The Morgan fingerprint density at radius 1 is 1.12 bits per heavy atom. The lowest BCUT2D eigenvalue weighted by Gasteiger charge is -2.14. The van der Waals surface area contributed by atoms with Gasteiger partial charge in [-0.05, 0) is 49.6 Å². The minimum absolute atomic E-state index is 0.0878. The van der Waals surface area contributed by atoms with Gasteiger partial charge in [0, 0.05) is 30.1 Å². The molecule has 1 aliphatic heterocycles. The van der Waals surface area contributed by atoms with E-state index in [0.717, 1.165) is 30.7 Å². The average molecular weight is 353 g/mol. The van der Waals surface area contributed by atoms with Gasteiger partial charge in [0.15, 0.2) is 0 Å². The lowest BCUT2D eigenvalue weighted by atomic mass is 10.1. The van der Waals surface area contributed by atoms with Crippen LogP contribution in [-0.2, 0) is 4.74 Å². The van der Waals surface area contributed by atoms with E-state index >= 15 is 0 Å². The zero-order chi connectivity index (χ0) is 18.4. The van der Waals surface area contributed by atoms with E-state index in [-0.39, 0.29) is 18.0 Å². The zero-order valence-electron chi connectivity index (χ0n) is 14.7. The highest BCUT2D eigenvalue weighted by atomic mass is 16.5. The van der Waals surface area contributed by atoms with Crippen molar-refractivity contribution in [1.82, 2.24) is 5.32 Å². The molecule has 0 saturated carbocycles. The standard InChI is InChI=1S/C20H23N3O3/c1-14-9-10-15(19(24)22-16-6-3-2-4-7-16)12-18(14)23-20(25)21-13-17-8-5-11-26-17/h2-4,6-7,9-10,12,17H,5,8,11,13H2,1H3,(H,22,24)(H2,21,23,25). The summed E-state index contributed by atoms with van der Waals surface area (Å²) < 4.78 is 5.49. The predicted molar refractivity (Wildman–Crippen MR) is 102 cm³/mol. The summed E-state index contributed by atoms with van der Waals surface area (Å²) in [7, 11) is 0. The number of ether oxygens (including phenoxy) is 1. The summed E-state index contributed by atoms with van der Waals surface area (Å²) in [6, 6.07) is 14.2. The van der Waals surface area contributed by atoms with Crippen molar-refractivity contribution in [2.45, 2.75) is 25.9 Å². The molecule has 0 aliphatic carbocycles. The number of carbonyl (C=O) groups excluding carboxylic acids is 2. The fourth-order valence-corrected chi connectivity index (χ4v) is 2.80. The molecule has 3 rings (SSSR count). The van der Waals surface area contributed by atoms with E-state index in [9.17, 15) is 9.59 Å². The monoisotopic (exact) mass is 353 g/mol. The van der Waals surface area contributed by atoms with Gasteiger partial charge < -0.3 is 20.7 Å². The highest BCUT2D eigenvalue weighted by Gasteiger charge is 2.16. The number of hydrogen-bond donors (Lipinski definition) is 3. The Balaban J connectivity index is 1.61. The van der Waals surface area contributed by atoms with Crippen LogP contribution in [0.4, 0.5) is 16.2 Å². The van der Waals surface area contributed by atoms with Crippen LogP contribution in [0.1, 0.15) is 28.8 Å². The number of aryl methyl sites for hydroxylation is 1. The normalized spacial score (nSPS) is 16.1. The largest absolute Gasteiger partial charge is 0.376 e. The lowest BCUT2D eigenvalue weighted by molar-refractivity contribution is 0.102. The summed E-state index contributed by atoms with van der Waals surface area (Å²) in [4.78, 5) is 24.5. The van der Waals surface area contributed by atoms with Gasteiger partial charge in [0.25, 0.3) is 5.91 Å². The Labute approximate surface area is 152 Å². The first kappa shape index (κ1) is 17.9. The maximum absolute atomic E-state index is 12.4. The highest BCUT2D eigenvalue weighted by molar-refractivity contribution is 6.05. The molecule has 6 heteroatoms. The molecule has 26 heavy (non-hydrogen) atoms. The molecule has 3 N–H and O–H groups in total. The van der Waals surface area contributed by atoms with Crippen LogP contribution in [0.2, 0.25) is 0 Å². The van der Waals surface area contributed by atoms with Crippen molar-refractivity contribution in [2.75, 3.05) is 23.8 Å². The number of anilines is 2. The predicted octanol–water partition coefficient (Wildman–Crippen LogP) is 3.55. The van der Waals surface area contributed by atoms with Crippen molar-refractivity contribution in [1.29, 1.82) is 0 Å². The molecule has 1 heterocycles. The van der Waals surface area contributed by atoms with Crippen molar-refractivity contribution >= 4 is 23.3 Å². The van der Waals surface area contributed by atoms with Crippen LogP contribution in [0.3, 0.4) is 0 Å². The molecule has 0 radical (unpaired) electrons. The van der Waals surface area contributed by atoms with Gasteiger partial charge in [0.2, 0.25) is 0 Å². The van der Waals surface area contributed by atoms with E-state index in [1.807, 2.05) is 43.3 Å². The number of urea groups is 1. The first-order valence-electron chi connectivity index (χ1n) is 8.75. The minimum atomic E-state index is -0.302. The Kier molecular flexibility index (Phi) is 5.86. The molecule has 6 nitrogen and oxygen atoms in total. The SMILES string of the molecule is Cc1ccc(C(=O)Nc2ccccc2)cc1NC(=O)NCC1CCCO1. The molecule has 2 aromatic carbocycles. The lowest BCUT2D eigenvalue weighted by Crippen LogP contribution is -2.35. The molecule has 1 fully saturated rings. The summed E-state index contributed by atoms with van der Waals surface area (Å²) in [6.45, 7) is 3.12. The molecule has 0 bridgehead atoms. The van der Waals surface area contributed by atoms with E-state index in [0.29, 0.717) is 17.8 Å². The number of nitrogens with one attached hydrogen (secondary N) is 3. The fourth-order valence-electron chi connectivity index (χ4n) is 2.80. The number of rotatable bonds is 5. The first-order valence-corrected chi connectivity index (χ1v) is 8.75. The quantitative estimate of drug-likeness (QED) is 0.769. The van der Waals surface area contributed by atoms with Gasteiger partial charge >= 0.3 is 6.03 Å². The molecule has 1 atom stereocenters. The van der Waals surface area contributed by atoms with Crippen LogP contribution in [0.5, 0.6) is 0 Å². The van der Waals surface area contributed by atoms with Gasteiger partial charge in [-0.2, -0.15) is 0 Å². The van der Waals surface area contributed by atoms with Gasteiger partial charge in [-0.3, -0.25) is 4.79 Å². The summed E-state index contributed by atoms with van der Waals surface area (Å²) in [5.74, 6) is -0.223. The summed E-state index contributed by atoms with van der Waals surface area (Å²) in [5.41, 5.74) is 2.69. The van der Waals surface area contributed by atoms with E-state index in [2.05, 4.69) is 16.0 Å². The number of amides is 3. The van der Waals surface area contributed by atoms with Gasteiger partial charge in [0.05, 0.1) is 6.10 Å². The molecule has 136 valence electrons. The maximum Gasteiger partial charge on any atom is 0.319 e. The summed E-state index contributed by atoms with van der Waals surface area (Å²) >= 11 is 0. The summed E-state index contributed by atoms with van der Waals surface area (Å²) in [5, 5.41) is 8.46. The molecule has 2 aromatic rings. The van der Waals surface area contributed by atoms with Crippen LogP contribution in [0, 0.1) is 6.92 Å². The van der Waals surface area contributed by atoms with Crippen molar-refractivity contribution in [3.63, 3.8) is 0 Å². The van der Waals surface area contributed by atoms with E-state index < -0.39 is 0 Å². The second kappa shape index (κ2) is 8.49. The maximum atomic E-state index is 12.4. The van der Waals surface area contributed by atoms with Crippen LogP contribution < -0.4 is 16.0 Å². The second-order valence-corrected chi connectivity index (χ2v) is 6.32. The third kappa shape index (κ3) is 4.83.